The highest BCUT2D eigenvalue weighted by Gasteiger charge is 2.02. The van der Waals surface area contributed by atoms with Crippen LogP contribution < -0.4 is 10.1 Å². The van der Waals surface area contributed by atoms with E-state index in [1.54, 1.807) is 0 Å². The van der Waals surface area contributed by atoms with E-state index in [0.29, 0.717) is 18.4 Å². The van der Waals surface area contributed by atoms with Crippen molar-refractivity contribution in [1.82, 2.24) is 9.97 Å². The van der Waals surface area contributed by atoms with Gasteiger partial charge in [0, 0.05) is 31.5 Å². The molecule has 0 radical (unpaired) electrons. The van der Waals surface area contributed by atoms with Gasteiger partial charge in [0.05, 0.1) is 6.61 Å². The van der Waals surface area contributed by atoms with Gasteiger partial charge in [0.2, 0.25) is 11.8 Å². The molecular weight excluding hydrogens is 242 g/mol. The van der Waals surface area contributed by atoms with Crippen LogP contribution in [0.2, 0.25) is 0 Å². The van der Waals surface area contributed by atoms with E-state index in [0.717, 1.165) is 38.3 Å². The summed E-state index contributed by atoms with van der Waals surface area (Å²) in [6, 6.07) is 1.84. The van der Waals surface area contributed by atoms with Gasteiger partial charge < -0.3 is 14.8 Å². The quantitative estimate of drug-likeness (QED) is 0.661. The average Bonchev–Trinajstić information content (AvgIpc) is 2.37. The average molecular weight is 267 g/mol. The Kier molecular flexibility index (Phi) is 7.89. The Morgan fingerprint density at radius 1 is 1.16 bits per heavy atom. The van der Waals surface area contributed by atoms with E-state index in [1.165, 1.54) is 6.42 Å². The number of rotatable bonds is 10. The molecule has 0 spiro atoms. The number of nitrogens with one attached hydrogen (secondary N) is 1. The van der Waals surface area contributed by atoms with Crippen molar-refractivity contribution in [3.8, 4) is 5.88 Å². The maximum Gasteiger partial charge on any atom is 0.226 e. The fourth-order valence-electron chi connectivity index (χ4n) is 1.56. The number of unbranched alkanes of at least 4 members (excludes halogenated alkanes) is 1. The van der Waals surface area contributed by atoms with Crippen molar-refractivity contribution < 1.29 is 9.47 Å². The molecule has 5 nitrogen and oxygen atoms in total. The molecule has 1 aromatic rings. The van der Waals surface area contributed by atoms with Crippen molar-refractivity contribution in [2.75, 3.05) is 31.7 Å². The summed E-state index contributed by atoms with van der Waals surface area (Å²) in [5.74, 6) is 1.24. The Hall–Kier alpha value is -1.36. The van der Waals surface area contributed by atoms with Gasteiger partial charge in [0.1, 0.15) is 0 Å². The standard InChI is InChI=1S/C14H25N3O2/c1-4-6-9-18-10-7-8-15-14-16-12(3)11-13(17-14)19-5-2/h11H,4-10H2,1-3H3,(H,15,16,17). The minimum atomic E-state index is 0.612. The van der Waals surface area contributed by atoms with E-state index >= 15 is 0 Å². The van der Waals surface area contributed by atoms with Gasteiger partial charge in [0.25, 0.3) is 0 Å². The molecule has 0 amide bonds. The number of anilines is 1. The lowest BCUT2D eigenvalue weighted by Crippen LogP contribution is -2.10. The van der Waals surface area contributed by atoms with Gasteiger partial charge in [-0.1, -0.05) is 13.3 Å². The summed E-state index contributed by atoms with van der Waals surface area (Å²) < 4.78 is 10.9. The van der Waals surface area contributed by atoms with Gasteiger partial charge >= 0.3 is 0 Å². The second-order valence-corrected chi connectivity index (χ2v) is 4.35. The summed E-state index contributed by atoms with van der Waals surface area (Å²) in [5, 5.41) is 3.19. The van der Waals surface area contributed by atoms with Gasteiger partial charge in [-0.25, -0.2) is 4.98 Å². The van der Waals surface area contributed by atoms with E-state index in [9.17, 15) is 0 Å². The maximum absolute atomic E-state index is 5.49. The second-order valence-electron chi connectivity index (χ2n) is 4.35. The lowest BCUT2D eigenvalue weighted by molar-refractivity contribution is 0.131. The van der Waals surface area contributed by atoms with Crippen molar-refractivity contribution in [2.24, 2.45) is 0 Å². The summed E-state index contributed by atoms with van der Waals surface area (Å²) in [4.78, 5) is 8.61. The molecule has 0 aliphatic heterocycles. The van der Waals surface area contributed by atoms with Crippen molar-refractivity contribution in [2.45, 2.75) is 40.0 Å². The first-order chi connectivity index (χ1) is 9.26. The third kappa shape index (κ3) is 6.96. The third-order valence-electron chi connectivity index (χ3n) is 2.51. The van der Waals surface area contributed by atoms with E-state index in [2.05, 4.69) is 22.2 Å². The number of hydrogen-bond donors (Lipinski definition) is 1. The third-order valence-corrected chi connectivity index (χ3v) is 2.51. The van der Waals surface area contributed by atoms with Crippen LogP contribution in [0.1, 0.15) is 38.8 Å². The number of nitrogens with zero attached hydrogens (tertiary/aromatic N) is 2. The summed E-state index contributed by atoms with van der Waals surface area (Å²) in [6.07, 6.45) is 3.26. The van der Waals surface area contributed by atoms with Crippen molar-refractivity contribution in [3.05, 3.63) is 11.8 Å². The molecule has 1 rings (SSSR count). The molecule has 0 aliphatic rings. The zero-order valence-electron chi connectivity index (χ0n) is 12.2. The molecule has 0 bridgehead atoms. The molecule has 0 saturated carbocycles. The molecule has 108 valence electrons. The number of hydrogen-bond acceptors (Lipinski definition) is 5. The Morgan fingerprint density at radius 3 is 2.68 bits per heavy atom. The highest BCUT2D eigenvalue weighted by atomic mass is 16.5. The molecule has 5 heteroatoms. The van der Waals surface area contributed by atoms with Crippen LogP contribution >= 0.6 is 0 Å². The minimum Gasteiger partial charge on any atom is -0.478 e. The number of aromatic nitrogens is 2. The molecule has 0 unspecified atom stereocenters. The molecular formula is C14H25N3O2. The zero-order chi connectivity index (χ0) is 13.9. The molecule has 0 fully saturated rings. The van der Waals surface area contributed by atoms with Crippen molar-refractivity contribution in [3.63, 3.8) is 0 Å². The SMILES string of the molecule is CCCCOCCCNc1nc(C)cc(OCC)n1. The van der Waals surface area contributed by atoms with E-state index in [1.807, 2.05) is 19.9 Å². The largest absolute Gasteiger partial charge is 0.478 e. The zero-order valence-corrected chi connectivity index (χ0v) is 12.2. The molecule has 0 atom stereocenters. The normalized spacial score (nSPS) is 10.5. The van der Waals surface area contributed by atoms with Crippen molar-refractivity contribution >= 4 is 5.95 Å². The van der Waals surface area contributed by atoms with Gasteiger partial charge in [-0.3, -0.25) is 0 Å². The van der Waals surface area contributed by atoms with E-state index in [4.69, 9.17) is 9.47 Å². The van der Waals surface area contributed by atoms with Crippen LogP contribution in [0.15, 0.2) is 6.07 Å². The van der Waals surface area contributed by atoms with E-state index < -0.39 is 0 Å². The van der Waals surface area contributed by atoms with E-state index in [-0.39, 0.29) is 0 Å². The summed E-state index contributed by atoms with van der Waals surface area (Å²) in [7, 11) is 0. The fourth-order valence-corrected chi connectivity index (χ4v) is 1.56. The molecule has 0 saturated heterocycles. The Labute approximate surface area is 115 Å². The van der Waals surface area contributed by atoms with Crippen LogP contribution in [-0.2, 0) is 4.74 Å². The lowest BCUT2D eigenvalue weighted by Gasteiger charge is -2.08. The first kappa shape index (κ1) is 15.7. The second kappa shape index (κ2) is 9.55. The minimum absolute atomic E-state index is 0.612. The molecule has 1 heterocycles. The topological polar surface area (TPSA) is 56.3 Å². The molecule has 19 heavy (non-hydrogen) atoms. The predicted molar refractivity (Wildman–Crippen MR) is 76.8 cm³/mol. The van der Waals surface area contributed by atoms with Crippen LogP contribution in [0.5, 0.6) is 5.88 Å². The van der Waals surface area contributed by atoms with Crippen LogP contribution in [0.3, 0.4) is 0 Å². The Bertz CT molecular complexity index is 359. The van der Waals surface area contributed by atoms with Crippen molar-refractivity contribution in [1.29, 1.82) is 0 Å². The smallest absolute Gasteiger partial charge is 0.226 e. The van der Waals surface area contributed by atoms with Gasteiger partial charge in [-0.05, 0) is 26.7 Å². The fraction of sp³-hybridized carbons (Fsp3) is 0.714. The number of ether oxygens (including phenoxy) is 2. The highest BCUT2D eigenvalue weighted by molar-refractivity contribution is 5.30. The molecule has 0 aromatic carbocycles. The first-order valence-electron chi connectivity index (χ1n) is 7.06. The summed E-state index contributed by atoms with van der Waals surface area (Å²) in [5.41, 5.74) is 0.903. The Morgan fingerprint density at radius 2 is 1.95 bits per heavy atom. The first-order valence-corrected chi connectivity index (χ1v) is 7.06. The monoisotopic (exact) mass is 267 g/mol. The highest BCUT2D eigenvalue weighted by Crippen LogP contribution is 2.11. The molecule has 0 aliphatic carbocycles. The van der Waals surface area contributed by atoms with Crippen LogP contribution in [-0.4, -0.2) is 36.3 Å². The van der Waals surface area contributed by atoms with Crippen LogP contribution in [0.4, 0.5) is 5.95 Å². The summed E-state index contributed by atoms with van der Waals surface area (Å²) >= 11 is 0. The van der Waals surface area contributed by atoms with Gasteiger partial charge in [-0.2, -0.15) is 4.98 Å². The van der Waals surface area contributed by atoms with Gasteiger partial charge in [-0.15, -0.1) is 0 Å². The Balaban J connectivity index is 2.25. The lowest BCUT2D eigenvalue weighted by atomic mass is 10.4. The summed E-state index contributed by atoms with van der Waals surface area (Å²) in [6.45, 7) is 9.09. The van der Waals surface area contributed by atoms with Crippen LogP contribution in [0.25, 0.3) is 0 Å². The number of aryl methyl sites for hydroxylation is 1. The van der Waals surface area contributed by atoms with Crippen LogP contribution in [0, 0.1) is 6.92 Å². The van der Waals surface area contributed by atoms with Gasteiger partial charge in [0.15, 0.2) is 0 Å². The molecule has 1 N–H and O–H groups in total. The molecule has 1 aromatic heterocycles. The predicted octanol–water partition coefficient (Wildman–Crippen LogP) is 2.80. The maximum atomic E-state index is 5.49.